The second-order valence-electron chi connectivity index (χ2n) is 5.35. The zero-order chi connectivity index (χ0) is 18.0. The van der Waals surface area contributed by atoms with Crippen molar-refractivity contribution < 1.29 is 14.5 Å². The summed E-state index contributed by atoms with van der Waals surface area (Å²) in [6, 6.07) is 9.95. The van der Waals surface area contributed by atoms with Crippen LogP contribution in [0.15, 0.2) is 53.5 Å². The largest absolute Gasteiger partial charge is 0.456 e. The van der Waals surface area contributed by atoms with Crippen LogP contribution in [0.3, 0.4) is 0 Å². The number of benzene rings is 1. The van der Waals surface area contributed by atoms with Gasteiger partial charge in [-0.1, -0.05) is 6.07 Å². The maximum atomic E-state index is 12.1. The standard InChI is InChI=1S/C17H13N3O5/c1-11-3-2-8-19-15(21)9-13(18-16(11)19)10-25-17(22)12-4-6-14(7-5-12)20(23)24/h2-9H,10H2,1H3. The predicted octanol–water partition coefficient (Wildman–Crippen LogP) is 2.27. The minimum absolute atomic E-state index is 0.115. The number of hydrogen-bond donors (Lipinski definition) is 0. The molecule has 0 radical (unpaired) electrons. The highest BCUT2D eigenvalue weighted by molar-refractivity contribution is 5.89. The molecule has 8 nitrogen and oxygen atoms in total. The Bertz CT molecular complexity index is 1020. The fourth-order valence-electron chi connectivity index (χ4n) is 2.32. The van der Waals surface area contributed by atoms with E-state index in [1.54, 1.807) is 12.3 Å². The molecular weight excluding hydrogens is 326 g/mol. The summed E-state index contributed by atoms with van der Waals surface area (Å²) in [4.78, 5) is 38.5. The van der Waals surface area contributed by atoms with Crippen molar-refractivity contribution in [3.63, 3.8) is 0 Å². The number of rotatable bonds is 4. The number of ether oxygens (including phenoxy) is 1. The molecule has 3 rings (SSSR count). The lowest BCUT2D eigenvalue weighted by Gasteiger charge is -2.07. The van der Waals surface area contributed by atoms with Gasteiger partial charge in [-0.15, -0.1) is 0 Å². The lowest BCUT2D eigenvalue weighted by Crippen LogP contribution is -2.17. The molecule has 126 valence electrons. The molecule has 0 aliphatic carbocycles. The van der Waals surface area contributed by atoms with Gasteiger partial charge in [-0.3, -0.25) is 19.3 Å². The lowest BCUT2D eigenvalue weighted by atomic mass is 10.2. The molecule has 0 fully saturated rings. The van der Waals surface area contributed by atoms with E-state index in [9.17, 15) is 19.7 Å². The number of aromatic nitrogens is 2. The van der Waals surface area contributed by atoms with Gasteiger partial charge < -0.3 is 4.74 Å². The molecule has 2 aromatic heterocycles. The molecule has 1 aromatic carbocycles. The van der Waals surface area contributed by atoms with Crippen LogP contribution in [0.5, 0.6) is 0 Å². The first-order valence-electron chi connectivity index (χ1n) is 7.35. The van der Waals surface area contributed by atoms with Crippen molar-refractivity contribution in [3.8, 4) is 0 Å². The van der Waals surface area contributed by atoms with Crippen LogP contribution in [0.1, 0.15) is 21.6 Å². The molecule has 3 aromatic rings. The lowest BCUT2D eigenvalue weighted by molar-refractivity contribution is -0.384. The molecule has 0 bridgehead atoms. The quantitative estimate of drug-likeness (QED) is 0.410. The molecule has 2 heterocycles. The molecule has 0 saturated carbocycles. The van der Waals surface area contributed by atoms with Crippen LogP contribution in [0.4, 0.5) is 5.69 Å². The van der Waals surface area contributed by atoms with Crippen LogP contribution >= 0.6 is 0 Å². The van der Waals surface area contributed by atoms with Gasteiger partial charge in [-0.2, -0.15) is 0 Å². The van der Waals surface area contributed by atoms with Crippen LogP contribution in [0.25, 0.3) is 5.65 Å². The Labute approximate surface area is 141 Å². The highest BCUT2D eigenvalue weighted by atomic mass is 16.6. The number of carbonyl (C=O) groups excluding carboxylic acids is 1. The monoisotopic (exact) mass is 339 g/mol. The van der Waals surface area contributed by atoms with E-state index < -0.39 is 10.9 Å². The van der Waals surface area contributed by atoms with Crippen molar-refractivity contribution >= 4 is 17.3 Å². The van der Waals surface area contributed by atoms with Crippen molar-refractivity contribution in [2.24, 2.45) is 0 Å². The molecule has 25 heavy (non-hydrogen) atoms. The third kappa shape index (κ3) is 3.37. The summed E-state index contributed by atoms with van der Waals surface area (Å²) in [6.07, 6.45) is 1.62. The summed E-state index contributed by atoms with van der Waals surface area (Å²) in [7, 11) is 0. The van der Waals surface area contributed by atoms with E-state index in [1.165, 1.54) is 34.7 Å². The second kappa shape index (κ2) is 6.52. The van der Waals surface area contributed by atoms with Gasteiger partial charge in [0, 0.05) is 24.4 Å². The van der Waals surface area contributed by atoms with Crippen LogP contribution in [0.2, 0.25) is 0 Å². The number of hydrogen-bond acceptors (Lipinski definition) is 6. The maximum Gasteiger partial charge on any atom is 0.338 e. The smallest absolute Gasteiger partial charge is 0.338 e. The molecule has 0 aliphatic heterocycles. The first-order valence-corrected chi connectivity index (χ1v) is 7.35. The number of esters is 1. The zero-order valence-corrected chi connectivity index (χ0v) is 13.2. The zero-order valence-electron chi connectivity index (χ0n) is 13.2. The van der Waals surface area contributed by atoms with Crippen molar-refractivity contribution in [1.29, 1.82) is 0 Å². The first-order chi connectivity index (χ1) is 12.0. The normalized spacial score (nSPS) is 10.6. The van der Waals surface area contributed by atoms with E-state index in [0.29, 0.717) is 11.3 Å². The summed E-state index contributed by atoms with van der Waals surface area (Å²) in [5, 5.41) is 10.6. The van der Waals surface area contributed by atoms with Gasteiger partial charge in [-0.05, 0) is 30.7 Å². The highest BCUT2D eigenvalue weighted by Crippen LogP contribution is 2.13. The third-order valence-electron chi connectivity index (χ3n) is 3.60. The molecule has 0 amide bonds. The minimum Gasteiger partial charge on any atom is -0.456 e. The summed E-state index contributed by atoms with van der Waals surface area (Å²) >= 11 is 0. The molecule has 0 unspecified atom stereocenters. The van der Waals surface area contributed by atoms with Crippen molar-refractivity contribution in [2.75, 3.05) is 0 Å². The number of fused-ring (bicyclic) bond motifs is 1. The molecule has 0 aliphatic rings. The number of carbonyl (C=O) groups is 1. The summed E-state index contributed by atoms with van der Waals surface area (Å²) in [6.45, 7) is 1.66. The molecule has 0 saturated heterocycles. The number of nitrogens with zero attached hydrogens (tertiary/aromatic N) is 3. The topological polar surface area (TPSA) is 104 Å². The van der Waals surface area contributed by atoms with Gasteiger partial charge >= 0.3 is 5.97 Å². The van der Waals surface area contributed by atoms with Gasteiger partial charge in [0.25, 0.3) is 11.2 Å². The van der Waals surface area contributed by atoms with E-state index in [0.717, 1.165) is 5.56 Å². The van der Waals surface area contributed by atoms with Gasteiger partial charge in [0.1, 0.15) is 12.3 Å². The number of nitro groups is 1. The molecule has 0 N–H and O–H groups in total. The molecule has 0 spiro atoms. The van der Waals surface area contributed by atoms with Crippen molar-refractivity contribution in [2.45, 2.75) is 13.5 Å². The summed E-state index contributed by atoms with van der Waals surface area (Å²) in [5.74, 6) is -0.651. The van der Waals surface area contributed by atoms with E-state index in [4.69, 9.17) is 4.74 Å². The van der Waals surface area contributed by atoms with Crippen LogP contribution in [-0.4, -0.2) is 20.3 Å². The average Bonchev–Trinajstić information content (AvgIpc) is 2.60. The Kier molecular flexibility index (Phi) is 4.25. The van der Waals surface area contributed by atoms with Gasteiger partial charge in [0.2, 0.25) is 0 Å². The first kappa shape index (κ1) is 16.3. The average molecular weight is 339 g/mol. The maximum absolute atomic E-state index is 12.1. The summed E-state index contributed by atoms with van der Waals surface area (Å²) < 4.78 is 6.55. The molecule has 0 atom stereocenters. The fraction of sp³-hybridized carbons (Fsp3) is 0.118. The Morgan fingerprint density at radius 2 is 2.00 bits per heavy atom. The second-order valence-corrected chi connectivity index (χ2v) is 5.35. The Balaban J connectivity index is 1.78. The van der Waals surface area contributed by atoms with E-state index in [1.807, 2.05) is 13.0 Å². The minimum atomic E-state index is -0.651. The van der Waals surface area contributed by atoms with E-state index in [-0.39, 0.29) is 23.4 Å². The van der Waals surface area contributed by atoms with E-state index in [2.05, 4.69) is 4.98 Å². The number of pyridine rings is 1. The Morgan fingerprint density at radius 3 is 2.68 bits per heavy atom. The number of nitro benzene ring substituents is 1. The van der Waals surface area contributed by atoms with Gasteiger partial charge in [-0.25, -0.2) is 9.78 Å². The van der Waals surface area contributed by atoms with Crippen LogP contribution in [0, 0.1) is 17.0 Å². The Hall–Kier alpha value is -3.55. The van der Waals surface area contributed by atoms with Crippen molar-refractivity contribution in [1.82, 2.24) is 9.38 Å². The predicted molar refractivity (Wildman–Crippen MR) is 88.4 cm³/mol. The highest BCUT2D eigenvalue weighted by Gasteiger charge is 2.12. The van der Waals surface area contributed by atoms with E-state index >= 15 is 0 Å². The molecule has 8 heteroatoms. The number of aryl methyl sites for hydroxylation is 1. The molecular formula is C17H13N3O5. The van der Waals surface area contributed by atoms with Gasteiger partial charge in [0.05, 0.1) is 16.2 Å². The number of non-ortho nitro benzene ring substituents is 1. The Morgan fingerprint density at radius 1 is 1.28 bits per heavy atom. The fourth-order valence-corrected chi connectivity index (χ4v) is 2.32. The van der Waals surface area contributed by atoms with Crippen LogP contribution < -0.4 is 5.56 Å². The van der Waals surface area contributed by atoms with Crippen molar-refractivity contribution in [3.05, 3.63) is 86.0 Å². The SMILES string of the molecule is Cc1cccn2c(=O)cc(COC(=O)c3ccc([N+](=O)[O-])cc3)nc12. The van der Waals surface area contributed by atoms with Crippen LogP contribution in [-0.2, 0) is 11.3 Å². The third-order valence-corrected chi connectivity index (χ3v) is 3.60. The summed E-state index contributed by atoms with van der Waals surface area (Å²) in [5.41, 5.74) is 1.44. The van der Waals surface area contributed by atoms with Gasteiger partial charge in [0.15, 0.2) is 0 Å².